The second kappa shape index (κ2) is 4.42. The number of hydrogen-bond donors (Lipinski definition) is 1. The topological polar surface area (TPSA) is 47.1 Å². The lowest BCUT2D eigenvalue weighted by molar-refractivity contribution is 0.387. The Hall–Kier alpha value is -0.870. The molecule has 4 nitrogen and oxygen atoms in total. The lowest BCUT2D eigenvalue weighted by Gasteiger charge is -2.22. The van der Waals surface area contributed by atoms with Gasteiger partial charge in [0, 0.05) is 25.6 Å². The third kappa shape index (κ3) is 2.11. The van der Waals surface area contributed by atoms with Gasteiger partial charge in [0.1, 0.15) is 5.82 Å². The third-order valence-electron chi connectivity index (χ3n) is 4.21. The second-order valence-electron chi connectivity index (χ2n) is 5.62. The molecular formula is C13H22N4. The number of fused-ring (bicyclic) bond motifs is 1. The highest BCUT2D eigenvalue weighted by Crippen LogP contribution is 2.26. The molecule has 1 saturated heterocycles. The van der Waals surface area contributed by atoms with Gasteiger partial charge in [-0.25, -0.2) is 4.98 Å². The lowest BCUT2D eigenvalue weighted by atomic mass is 10.0. The predicted molar refractivity (Wildman–Crippen MR) is 67.7 cm³/mol. The molecule has 1 fully saturated rings. The van der Waals surface area contributed by atoms with E-state index in [1.807, 2.05) is 6.20 Å². The van der Waals surface area contributed by atoms with Gasteiger partial charge in [0.05, 0.1) is 11.9 Å². The van der Waals surface area contributed by atoms with E-state index >= 15 is 0 Å². The maximum absolute atomic E-state index is 6.12. The van der Waals surface area contributed by atoms with Gasteiger partial charge < -0.3 is 15.2 Å². The van der Waals surface area contributed by atoms with Gasteiger partial charge in [-0.3, -0.25) is 0 Å². The molecule has 0 saturated carbocycles. The highest BCUT2D eigenvalue weighted by atomic mass is 15.1. The Morgan fingerprint density at radius 1 is 1.41 bits per heavy atom. The number of rotatable bonds is 2. The van der Waals surface area contributed by atoms with Crippen molar-refractivity contribution < 1.29 is 0 Å². The molecule has 17 heavy (non-hydrogen) atoms. The second-order valence-corrected chi connectivity index (χ2v) is 5.62. The van der Waals surface area contributed by atoms with Crippen molar-refractivity contribution in [2.75, 3.05) is 20.1 Å². The zero-order valence-corrected chi connectivity index (χ0v) is 10.6. The Morgan fingerprint density at radius 3 is 3.06 bits per heavy atom. The number of hydrogen-bond acceptors (Lipinski definition) is 3. The maximum Gasteiger partial charge on any atom is 0.109 e. The van der Waals surface area contributed by atoms with E-state index in [1.165, 1.54) is 37.4 Å². The van der Waals surface area contributed by atoms with Crippen LogP contribution in [0.25, 0.3) is 0 Å². The molecule has 2 unspecified atom stereocenters. The molecule has 0 aromatic carbocycles. The van der Waals surface area contributed by atoms with Crippen LogP contribution >= 0.6 is 0 Å². The van der Waals surface area contributed by atoms with E-state index in [4.69, 9.17) is 5.73 Å². The summed E-state index contributed by atoms with van der Waals surface area (Å²) in [5.74, 6) is 2.04. The van der Waals surface area contributed by atoms with Crippen molar-refractivity contribution in [3.63, 3.8) is 0 Å². The Bertz CT molecular complexity index is 398. The number of aromatic nitrogens is 2. The van der Waals surface area contributed by atoms with Crippen LogP contribution in [-0.2, 0) is 13.0 Å². The minimum atomic E-state index is 0.205. The van der Waals surface area contributed by atoms with E-state index in [-0.39, 0.29) is 6.04 Å². The minimum Gasteiger partial charge on any atom is -0.331 e. The first kappa shape index (κ1) is 11.2. The molecule has 0 aliphatic carbocycles. The molecule has 0 bridgehead atoms. The number of nitrogens with two attached hydrogens (primary N) is 1. The average Bonchev–Trinajstić information content (AvgIpc) is 2.88. The molecule has 2 aliphatic heterocycles. The summed E-state index contributed by atoms with van der Waals surface area (Å²) in [5, 5.41) is 0. The van der Waals surface area contributed by atoms with E-state index in [0.29, 0.717) is 0 Å². The molecule has 0 amide bonds. The molecule has 2 atom stereocenters. The molecule has 3 heterocycles. The summed E-state index contributed by atoms with van der Waals surface area (Å²) in [6.07, 6.45) is 6.74. The zero-order valence-electron chi connectivity index (χ0n) is 10.6. The summed E-state index contributed by atoms with van der Waals surface area (Å²) in [5.41, 5.74) is 7.37. The van der Waals surface area contributed by atoms with E-state index in [1.54, 1.807) is 0 Å². The van der Waals surface area contributed by atoms with E-state index < -0.39 is 0 Å². The van der Waals surface area contributed by atoms with Crippen molar-refractivity contribution >= 4 is 0 Å². The summed E-state index contributed by atoms with van der Waals surface area (Å²) >= 11 is 0. The summed E-state index contributed by atoms with van der Waals surface area (Å²) in [6.45, 7) is 3.56. The molecule has 3 rings (SSSR count). The molecule has 0 radical (unpaired) electrons. The lowest BCUT2D eigenvalue weighted by Crippen LogP contribution is -2.23. The smallest absolute Gasteiger partial charge is 0.109 e. The number of likely N-dealkylation sites (tertiary alicyclic amines) is 1. The first-order valence-electron chi connectivity index (χ1n) is 6.72. The van der Waals surface area contributed by atoms with Crippen LogP contribution in [0.1, 0.15) is 36.8 Å². The van der Waals surface area contributed by atoms with Crippen LogP contribution in [0.5, 0.6) is 0 Å². The quantitative estimate of drug-likeness (QED) is 0.835. The van der Waals surface area contributed by atoms with Gasteiger partial charge in [0.15, 0.2) is 0 Å². The van der Waals surface area contributed by atoms with Crippen LogP contribution in [0.3, 0.4) is 0 Å². The van der Waals surface area contributed by atoms with Crippen molar-refractivity contribution in [2.45, 2.75) is 38.3 Å². The van der Waals surface area contributed by atoms with Crippen molar-refractivity contribution in [1.82, 2.24) is 14.5 Å². The molecule has 0 spiro atoms. The highest BCUT2D eigenvalue weighted by molar-refractivity contribution is 5.12. The van der Waals surface area contributed by atoms with Gasteiger partial charge in [-0.2, -0.15) is 0 Å². The molecule has 94 valence electrons. The highest BCUT2D eigenvalue weighted by Gasteiger charge is 2.24. The number of nitrogens with zero attached hydrogens (tertiary/aromatic N) is 3. The van der Waals surface area contributed by atoms with Crippen molar-refractivity contribution in [1.29, 1.82) is 0 Å². The predicted octanol–water partition coefficient (Wildman–Crippen LogP) is 1.17. The average molecular weight is 234 g/mol. The monoisotopic (exact) mass is 234 g/mol. The Balaban J connectivity index is 1.75. The summed E-state index contributed by atoms with van der Waals surface area (Å²) in [6, 6.07) is 0.205. The standard InChI is InChI=1S/C13H22N4/c1-16-6-4-10(9-16)7-13-15-8-12-11(14)3-2-5-17(12)13/h8,10-11H,2-7,9,14H2,1H3. The molecule has 2 aliphatic rings. The van der Waals surface area contributed by atoms with Crippen LogP contribution in [-0.4, -0.2) is 34.6 Å². The summed E-state index contributed by atoms with van der Waals surface area (Å²) in [7, 11) is 2.21. The van der Waals surface area contributed by atoms with Gasteiger partial charge in [0.25, 0.3) is 0 Å². The normalized spacial score (nSPS) is 29.5. The first-order chi connectivity index (χ1) is 8.24. The van der Waals surface area contributed by atoms with Crippen LogP contribution in [0, 0.1) is 5.92 Å². The zero-order chi connectivity index (χ0) is 11.8. The van der Waals surface area contributed by atoms with Gasteiger partial charge >= 0.3 is 0 Å². The molecule has 1 aromatic rings. The fraction of sp³-hybridized carbons (Fsp3) is 0.769. The van der Waals surface area contributed by atoms with E-state index in [9.17, 15) is 0 Å². The van der Waals surface area contributed by atoms with Gasteiger partial charge in [-0.15, -0.1) is 0 Å². The Morgan fingerprint density at radius 2 is 2.29 bits per heavy atom. The number of imidazole rings is 1. The fourth-order valence-electron chi connectivity index (χ4n) is 3.21. The molecule has 2 N–H and O–H groups in total. The van der Waals surface area contributed by atoms with Crippen LogP contribution in [0.15, 0.2) is 6.20 Å². The summed E-state index contributed by atoms with van der Waals surface area (Å²) < 4.78 is 2.37. The minimum absolute atomic E-state index is 0.205. The van der Waals surface area contributed by atoms with Crippen LogP contribution in [0.2, 0.25) is 0 Å². The molecular weight excluding hydrogens is 212 g/mol. The van der Waals surface area contributed by atoms with E-state index in [0.717, 1.165) is 25.3 Å². The Labute approximate surface area is 103 Å². The Kier molecular flexibility index (Phi) is 2.92. The van der Waals surface area contributed by atoms with Crippen molar-refractivity contribution in [3.8, 4) is 0 Å². The van der Waals surface area contributed by atoms with Crippen LogP contribution in [0.4, 0.5) is 0 Å². The van der Waals surface area contributed by atoms with Gasteiger partial charge in [-0.05, 0) is 38.8 Å². The fourth-order valence-corrected chi connectivity index (χ4v) is 3.21. The SMILES string of the molecule is CN1CCC(Cc2ncc3n2CCCC3N)C1. The van der Waals surface area contributed by atoms with E-state index in [2.05, 4.69) is 21.5 Å². The molecule has 1 aromatic heterocycles. The van der Waals surface area contributed by atoms with Crippen LogP contribution < -0.4 is 5.73 Å². The third-order valence-corrected chi connectivity index (χ3v) is 4.21. The summed E-state index contributed by atoms with van der Waals surface area (Å²) in [4.78, 5) is 7.01. The van der Waals surface area contributed by atoms with Gasteiger partial charge in [0.2, 0.25) is 0 Å². The largest absolute Gasteiger partial charge is 0.331 e. The van der Waals surface area contributed by atoms with Crippen molar-refractivity contribution in [3.05, 3.63) is 17.7 Å². The van der Waals surface area contributed by atoms with Crippen molar-refractivity contribution in [2.24, 2.45) is 11.7 Å². The maximum atomic E-state index is 6.12. The first-order valence-corrected chi connectivity index (χ1v) is 6.72. The molecule has 4 heteroatoms. The van der Waals surface area contributed by atoms with Gasteiger partial charge in [-0.1, -0.05) is 0 Å².